The molecule has 1 saturated carbocycles. The lowest BCUT2D eigenvalue weighted by atomic mass is 9.96. The number of halogens is 1. The van der Waals surface area contributed by atoms with E-state index in [9.17, 15) is 0 Å². The molecule has 1 aliphatic rings. The number of nitrogens with two attached hydrogens (primary N) is 1. The second-order valence-corrected chi connectivity index (χ2v) is 7.93. The summed E-state index contributed by atoms with van der Waals surface area (Å²) in [6, 6.07) is 7.63. The average molecular weight is 418 g/mol. The van der Waals surface area contributed by atoms with E-state index in [0.29, 0.717) is 28.6 Å². The maximum absolute atomic E-state index is 5.91. The van der Waals surface area contributed by atoms with Gasteiger partial charge in [-0.15, -0.1) is 5.10 Å². The summed E-state index contributed by atoms with van der Waals surface area (Å²) in [6.07, 6.45) is 5.96. The second-order valence-electron chi connectivity index (χ2n) is 6.55. The molecule has 9 nitrogen and oxygen atoms in total. The normalized spacial score (nSPS) is 14.9. The van der Waals surface area contributed by atoms with Gasteiger partial charge in [0.25, 0.3) is 0 Å². The summed E-state index contributed by atoms with van der Waals surface area (Å²) in [4.78, 5) is 12.8. The molecule has 4 rings (SSSR count). The van der Waals surface area contributed by atoms with Crippen molar-refractivity contribution in [1.29, 1.82) is 0 Å². The fourth-order valence-electron chi connectivity index (χ4n) is 3.19. The zero-order valence-corrected chi connectivity index (χ0v) is 16.7. The monoisotopic (exact) mass is 417 g/mol. The van der Waals surface area contributed by atoms with Crippen molar-refractivity contribution in [2.75, 3.05) is 11.1 Å². The number of hydrogen-bond donors (Lipinski definition) is 2. The lowest BCUT2D eigenvalue weighted by Crippen LogP contribution is -2.15. The summed E-state index contributed by atoms with van der Waals surface area (Å²) in [6.45, 7) is 0. The second kappa shape index (κ2) is 8.70. The average Bonchev–Trinajstić information content (AvgIpc) is 3.17. The predicted octanol–water partition coefficient (Wildman–Crippen LogP) is 3.63. The molecule has 2 heterocycles. The van der Waals surface area contributed by atoms with Crippen LogP contribution in [0.3, 0.4) is 0 Å². The summed E-state index contributed by atoms with van der Waals surface area (Å²) in [5.74, 6) is 1.60. The molecule has 0 amide bonds. The van der Waals surface area contributed by atoms with Crippen LogP contribution >= 0.6 is 23.4 Å². The molecule has 0 bridgehead atoms. The first kappa shape index (κ1) is 18.9. The van der Waals surface area contributed by atoms with Crippen molar-refractivity contribution in [2.24, 2.45) is 0 Å². The minimum atomic E-state index is 0.161. The molecule has 0 aliphatic heterocycles. The Morgan fingerprint density at radius 3 is 2.68 bits per heavy atom. The van der Waals surface area contributed by atoms with Gasteiger partial charge in [0.05, 0.1) is 11.8 Å². The number of nitrogens with one attached hydrogen (secondary N) is 1. The first-order chi connectivity index (χ1) is 13.7. The Labute approximate surface area is 171 Å². The van der Waals surface area contributed by atoms with E-state index < -0.39 is 0 Å². The van der Waals surface area contributed by atoms with Gasteiger partial charge < -0.3 is 11.1 Å². The molecule has 11 heteroatoms. The minimum absolute atomic E-state index is 0.161. The van der Waals surface area contributed by atoms with Crippen LogP contribution in [0.1, 0.15) is 44.0 Å². The van der Waals surface area contributed by atoms with Crippen LogP contribution in [0.5, 0.6) is 0 Å². The number of tetrazole rings is 1. The van der Waals surface area contributed by atoms with Gasteiger partial charge in [-0.3, -0.25) is 0 Å². The molecule has 1 fully saturated rings. The number of rotatable bonds is 6. The Kier molecular flexibility index (Phi) is 5.87. The number of nitrogens with zero attached hydrogens (tertiary/aromatic N) is 7. The topological polar surface area (TPSA) is 120 Å². The van der Waals surface area contributed by atoms with Gasteiger partial charge in [-0.05, 0) is 47.5 Å². The van der Waals surface area contributed by atoms with E-state index in [1.807, 2.05) is 16.8 Å². The van der Waals surface area contributed by atoms with Crippen LogP contribution < -0.4 is 11.1 Å². The van der Waals surface area contributed by atoms with Crippen molar-refractivity contribution in [3.63, 3.8) is 0 Å². The fraction of sp³-hybridized carbons (Fsp3) is 0.412. The van der Waals surface area contributed by atoms with Gasteiger partial charge in [0, 0.05) is 10.7 Å². The van der Waals surface area contributed by atoms with E-state index >= 15 is 0 Å². The number of anilines is 3. The number of benzene rings is 1. The number of nitrogen functional groups attached to an aromatic ring is 1. The number of hydrogen-bond acceptors (Lipinski definition) is 9. The summed E-state index contributed by atoms with van der Waals surface area (Å²) < 4.78 is 1.93. The SMILES string of the molecule is Nc1nc(CSc2nnnn2C2CCCCC2)nc(Nc2ccc(Cl)cc2)n1. The summed E-state index contributed by atoms with van der Waals surface area (Å²) in [5, 5.41) is 16.7. The standard InChI is InChI=1S/C17H20ClN9S/c18-11-6-8-12(9-7-11)20-16-22-14(21-15(19)23-16)10-28-17-24-25-26-27(17)13-4-2-1-3-5-13/h6-9,13H,1-5,10H2,(H3,19,20,21,22,23). The maximum Gasteiger partial charge on any atom is 0.232 e. The van der Waals surface area contributed by atoms with Crippen molar-refractivity contribution in [1.82, 2.24) is 35.2 Å². The molecule has 0 saturated heterocycles. The van der Waals surface area contributed by atoms with Crippen molar-refractivity contribution in [3.05, 3.63) is 35.1 Å². The van der Waals surface area contributed by atoms with Gasteiger partial charge in [-0.2, -0.15) is 15.0 Å². The smallest absolute Gasteiger partial charge is 0.232 e. The molecule has 28 heavy (non-hydrogen) atoms. The zero-order chi connectivity index (χ0) is 19.3. The van der Waals surface area contributed by atoms with Gasteiger partial charge in [0.15, 0.2) is 0 Å². The van der Waals surface area contributed by atoms with E-state index in [4.69, 9.17) is 17.3 Å². The van der Waals surface area contributed by atoms with E-state index in [-0.39, 0.29) is 5.95 Å². The summed E-state index contributed by atoms with van der Waals surface area (Å²) >= 11 is 7.41. The summed E-state index contributed by atoms with van der Waals surface area (Å²) in [7, 11) is 0. The highest BCUT2D eigenvalue weighted by atomic mass is 35.5. The highest BCUT2D eigenvalue weighted by Gasteiger charge is 2.20. The molecule has 0 spiro atoms. The van der Waals surface area contributed by atoms with E-state index in [2.05, 4.69) is 35.8 Å². The van der Waals surface area contributed by atoms with E-state index in [0.717, 1.165) is 23.7 Å². The van der Waals surface area contributed by atoms with Gasteiger partial charge in [0.1, 0.15) is 5.82 Å². The molecule has 0 atom stereocenters. The van der Waals surface area contributed by atoms with Gasteiger partial charge >= 0.3 is 0 Å². The van der Waals surface area contributed by atoms with Crippen LogP contribution in [0.15, 0.2) is 29.4 Å². The van der Waals surface area contributed by atoms with Crippen LogP contribution in [0.2, 0.25) is 5.02 Å². The Morgan fingerprint density at radius 1 is 1.11 bits per heavy atom. The Balaban J connectivity index is 1.45. The first-order valence-electron chi connectivity index (χ1n) is 9.11. The molecule has 146 valence electrons. The van der Waals surface area contributed by atoms with Crippen molar-refractivity contribution >= 4 is 40.9 Å². The quantitative estimate of drug-likeness (QED) is 0.579. The van der Waals surface area contributed by atoms with Crippen molar-refractivity contribution < 1.29 is 0 Å². The molecular weight excluding hydrogens is 398 g/mol. The maximum atomic E-state index is 5.91. The lowest BCUT2D eigenvalue weighted by Gasteiger charge is -2.21. The number of aromatic nitrogens is 7. The number of thioether (sulfide) groups is 1. The minimum Gasteiger partial charge on any atom is -0.368 e. The Bertz CT molecular complexity index is 925. The molecule has 1 aromatic carbocycles. The molecule has 3 N–H and O–H groups in total. The van der Waals surface area contributed by atoms with Crippen LogP contribution in [0.25, 0.3) is 0 Å². The van der Waals surface area contributed by atoms with Crippen LogP contribution in [-0.2, 0) is 5.75 Å². The Hall–Kier alpha value is -2.46. The third-order valence-electron chi connectivity index (χ3n) is 4.51. The molecule has 2 aromatic heterocycles. The van der Waals surface area contributed by atoms with Crippen LogP contribution in [0, 0.1) is 0 Å². The van der Waals surface area contributed by atoms with Crippen molar-refractivity contribution in [2.45, 2.75) is 49.1 Å². The van der Waals surface area contributed by atoms with Gasteiger partial charge in [-0.25, -0.2) is 4.68 Å². The largest absolute Gasteiger partial charge is 0.368 e. The highest BCUT2D eigenvalue weighted by Crippen LogP contribution is 2.31. The molecular formula is C17H20ClN9S. The van der Waals surface area contributed by atoms with Crippen molar-refractivity contribution in [3.8, 4) is 0 Å². The first-order valence-corrected chi connectivity index (χ1v) is 10.5. The molecule has 1 aliphatic carbocycles. The fourth-order valence-corrected chi connectivity index (χ4v) is 4.11. The third-order valence-corrected chi connectivity index (χ3v) is 5.69. The van der Waals surface area contributed by atoms with Crippen LogP contribution in [0.4, 0.5) is 17.6 Å². The Morgan fingerprint density at radius 2 is 1.89 bits per heavy atom. The zero-order valence-electron chi connectivity index (χ0n) is 15.1. The molecule has 0 radical (unpaired) electrons. The van der Waals surface area contributed by atoms with Gasteiger partial charge in [-0.1, -0.05) is 42.6 Å². The van der Waals surface area contributed by atoms with Gasteiger partial charge in [0.2, 0.25) is 17.1 Å². The predicted molar refractivity (Wildman–Crippen MR) is 108 cm³/mol. The van der Waals surface area contributed by atoms with E-state index in [1.54, 1.807) is 12.1 Å². The molecule has 3 aromatic rings. The van der Waals surface area contributed by atoms with Crippen LogP contribution in [-0.4, -0.2) is 35.2 Å². The highest BCUT2D eigenvalue weighted by molar-refractivity contribution is 7.98. The third kappa shape index (κ3) is 4.68. The molecule has 0 unspecified atom stereocenters. The summed E-state index contributed by atoms with van der Waals surface area (Å²) in [5.41, 5.74) is 6.67. The van der Waals surface area contributed by atoms with E-state index in [1.165, 1.54) is 31.0 Å². The lowest BCUT2D eigenvalue weighted by molar-refractivity contribution is 0.307.